The van der Waals surface area contributed by atoms with E-state index in [0.29, 0.717) is 17.1 Å². The third kappa shape index (κ3) is 5.07. The summed E-state index contributed by atoms with van der Waals surface area (Å²) in [5.74, 6) is 4.67. The van der Waals surface area contributed by atoms with E-state index in [0.717, 1.165) is 32.2 Å². The van der Waals surface area contributed by atoms with Gasteiger partial charge >= 0.3 is 0 Å². The lowest BCUT2D eigenvalue weighted by molar-refractivity contribution is -0.130. The quantitative estimate of drug-likeness (QED) is 0.777. The van der Waals surface area contributed by atoms with Crippen LogP contribution in [0.1, 0.15) is 46.5 Å². The van der Waals surface area contributed by atoms with E-state index in [1.54, 1.807) is 0 Å². The lowest BCUT2D eigenvalue weighted by Gasteiger charge is -2.30. The molecule has 1 N–H and O–H groups in total. The maximum atomic E-state index is 12.7. The smallest absolute Gasteiger partial charge is 0.241 e. The fourth-order valence-corrected chi connectivity index (χ4v) is 5.75. The molecule has 2 fully saturated rings. The normalized spacial score (nSPS) is 30.4. The van der Waals surface area contributed by atoms with Crippen LogP contribution in [0.5, 0.6) is 0 Å². The molecule has 0 aromatic carbocycles. The molecule has 2 rings (SSSR count). The van der Waals surface area contributed by atoms with E-state index in [1.807, 2.05) is 23.5 Å². The predicted molar refractivity (Wildman–Crippen MR) is 95.0 cm³/mol. The van der Waals surface area contributed by atoms with E-state index in [9.17, 15) is 4.79 Å². The fraction of sp³-hybridized carbons (Fsp3) is 0.938. The van der Waals surface area contributed by atoms with Crippen molar-refractivity contribution in [3.8, 4) is 0 Å². The van der Waals surface area contributed by atoms with Gasteiger partial charge in [-0.1, -0.05) is 33.6 Å². The molecule has 0 aromatic heterocycles. The van der Waals surface area contributed by atoms with Gasteiger partial charge in [0.1, 0.15) is 0 Å². The summed E-state index contributed by atoms with van der Waals surface area (Å²) in [6.07, 6.45) is 4.62. The second kappa shape index (κ2) is 8.68. The summed E-state index contributed by atoms with van der Waals surface area (Å²) in [6, 6.07) is 0.0648. The van der Waals surface area contributed by atoms with Crippen molar-refractivity contribution in [3.63, 3.8) is 0 Å². The molecule has 2 saturated heterocycles. The molecule has 1 amide bonds. The predicted octanol–water partition coefficient (Wildman–Crippen LogP) is 3.20. The summed E-state index contributed by atoms with van der Waals surface area (Å²) >= 11 is 4.09. The van der Waals surface area contributed by atoms with Crippen LogP contribution in [0.15, 0.2) is 0 Å². The molecule has 3 atom stereocenters. The van der Waals surface area contributed by atoms with Crippen molar-refractivity contribution in [2.24, 2.45) is 5.92 Å². The molecule has 2 heterocycles. The van der Waals surface area contributed by atoms with Gasteiger partial charge in [-0.25, -0.2) is 0 Å². The summed E-state index contributed by atoms with van der Waals surface area (Å²) in [6.45, 7) is 7.62. The second-order valence-electron chi connectivity index (χ2n) is 6.57. The number of carbonyl (C=O) groups excluding carboxylic acids is 1. The zero-order chi connectivity index (χ0) is 15.2. The summed E-state index contributed by atoms with van der Waals surface area (Å²) in [5.41, 5.74) is 0. The minimum atomic E-state index is 0.0648. The van der Waals surface area contributed by atoms with Crippen molar-refractivity contribution >= 4 is 29.4 Å². The van der Waals surface area contributed by atoms with Gasteiger partial charge in [0.05, 0.1) is 12.2 Å². The molecule has 0 bridgehead atoms. The number of nitrogens with one attached hydrogen (secondary N) is 1. The molecule has 3 nitrogen and oxygen atoms in total. The fourth-order valence-electron chi connectivity index (χ4n) is 3.08. The Labute approximate surface area is 138 Å². The van der Waals surface area contributed by atoms with Crippen LogP contribution in [0.2, 0.25) is 0 Å². The summed E-state index contributed by atoms with van der Waals surface area (Å²) < 4.78 is 0. The van der Waals surface area contributed by atoms with Crippen LogP contribution in [0, 0.1) is 5.92 Å². The Morgan fingerprint density at radius 1 is 1.38 bits per heavy atom. The molecular formula is C16H30N2OS2. The second-order valence-corrected chi connectivity index (χ2v) is 9.12. The van der Waals surface area contributed by atoms with Gasteiger partial charge < -0.3 is 4.90 Å². The van der Waals surface area contributed by atoms with Crippen LogP contribution in [0.3, 0.4) is 0 Å². The number of amides is 1. The molecule has 0 radical (unpaired) electrons. The third-order valence-corrected chi connectivity index (χ3v) is 7.00. The van der Waals surface area contributed by atoms with Gasteiger partial charge in [-0.15, -0.1) is 0 Å². The Kier molecular flexibility index (Phi) is 7.23. The molecule has 0 aromatic rings. The average Bonchev–Trinajstić information content (AvgIpc) is 2.74. The SMILES string of the molecule is CCCCC1NC(CC(C)C)N(CC2CSCCS2)C1=O. The molecule has 0 saturated carbocycles. The van der Waals surface area contributed by atoms with Gasteiger partial charge in [0.25, 0.3) is 0 Å². The van der Waals surface area contributed by atoms with Crippen LogP contribution >= 0.6 is 23.5 Å². The first-order valence-electron chi connectivity index (χ1n) is 8.37. The van der Waals surface area contributed by atoms with Crippen LogP contribution in [-0.4, -0.2) is 52.1 Å². The number of nitrogens with zero attached hydrogens (tertiary/aromatic N) is 1. The van der Waals surface area contributed by atoms with E-state index >= 15 is 0 Å². The first kappa shape index (κ1) is 17.5. The van der Waals surface area contributed by atoms with Gasteiger partial charge in [0.2, 0.25) is 5.91 Å². The molecule has 3 unspecified atom stereocenters. The average molecular weight is 331 g/mol. The Bertz CT molecular complexity index is 332. The number of hydrogen-bond acceptors (Lipinski definition) is 4. The summed E-state index contributed by atoms with van der Waals surface area (Å²) in [5, 5.41) is 4.23. The van der Waals surface area contributed by atoms with Crippen molar-refractivity contribution in [1.82, 2.24) is 10.2 Å². The maximum Gasteiger partial charge on any atom is 0.241 e. The first-order chi connectivity index (χ1) is 10.1. The molecule has 2 aliphatic rings. The first-order valence-corrected chi connectivity index (χ1v) is 10.6. The standard InChI is InChI=1S/C16H30N2OS2/c1-4-5-6-14-16(19)18(15(17-14)9-12(2)3)10-13-11-20-7-8-21-13/h12-15,17H,4-11H2,1-3H3. The number of thioether (sulfide) groups is 2. The lowest BCUT2D eigenvalue weighted by Crippen LogP contribution is -2.43. The monoisotopic (exact) mass is 330 g/mol. The van der Waals surface area contributed by atoms with Crippen molar-refractivity contribution in [2.75, 3.05) is 23.8 Å². The van der Waals surface area contributed by atoms with Crippen molar-refractivity contribution in [2.45, 2.75) is 63.9 Å². The molecule has 0 spiro atoms. The Morgan fingerprint density at radius 3 is 2.81 bits per heavy atom. The van der Waals surface area contributed by atoms with Crippen LogP contribution < -0.4 is 5.32 Å². The summed E-state index contributed by atoms with van der Waals surface area (Å²) in [7, 11) is 0. The van der Waals surface area contributed by atoms with Crippen molar-refractivity contribution < 1.29 is 4.79 Å². The van der Waals surface area contributed by atoms with Crippen LogP contribution in [0.25, 0.3) is 0 Å². The van der Waals surface area contributed by atoms with Gasteiger partial charge in [0, 0.05) is 29.1 Å². The van der Waals surface area contributed by atoms with E-state index in [1.165, 1.54) is 17.3 Å². The molecular weight excluding hydrogens is 300 g/mol. The zero-order valence-corrected chi connectivity index (χ0v) is 15.3. The van der Waals surface area contributed by atoms with Crippen LogP contribution in [0.4, 0.5) is 0 Å². The van der Waals surface area contributed by atoms with E-state index < -0.39 is 0 Å². The molecule has 5 heteroatoms. The highest BCUT2D eigenvalue weighted by Crippen LogP contribution is 2.28. The molecule has 122 valence electrons. The summed E-state index contributed by atoms with van der Waals surface area (Å²) in [4.78, 5) is 14.9. The number of hydrogen-bond donors (Lipinski definition) is 1. The van der Waals surface area contributed by atoms with Gasteiger partial charge in [-0.05, 0) is 18.8 Å². The Morgan fingerprint density at radius 2 is 2.19 bits per heavy atom. The number of unbranched alkanes of at least 4 members (excludes halogenated alkanes) is 1. The number of rotatable bonds is 7. The molecule has 2 aliphatic heterocycles. The highest BCUT2D eigenvalue weighted by atomic mass is 32.2. The van der Waals surface area contributed by atoms with E-state index in [-0.39, 0.29) is 12.2 Å². The van der Waals surface area contributed by atoms with E-state index in [2.05, 4.69) is 31.0 Å². The zero-order valence-electron chi connectivity index (χ0n) is 13.6. The van der Waals surface area contributed by atoms with Crippen LogP contribution in [-0.2, 0) is 4.79 Å². The lowest BCUT2D eigenvalue weighted by atomic mass is 10.1. The highest BCUT2D eigenvalue weighted by molar-refractivity contribution is 8.06. The van der Waals surface area contributed by atoms with Crippen molar-refractivity contribution in [1.29, 1.82) is 0 Å². The largest absolute Gasteiger partial charge is 0.325 e. The van der Waals surface area contributed by atoms with Crippen molar-refractivity contribution in [3.05, 3.63) is 0 Å². The molecule has 21 heavy (non-hydrogen) atoms. The molecule has 0 aliphatic carbocycles. The van der Waals surface area contributed by atoms with Gasteiger partial charge in [-0.2, -0.15) is 23.5 Å². The van der Waals surface area contributed by atoms with Gasteiger partial charge in [-0.3, -0.25) is 10.1 Å². The maximum absolute atomic E-state index is 12.7. The minimum Gasteiger partial charge on any atom is -0.325 e. The Hall–Kier alpha value is 0.130. The topological polar surface area (TPSA) is 32.3 Å². The highest BCUT2D eigenvalue weighted by Gasteiger charge is 2.39. The minimum absolute atomic E-state index is 0.0648. The third-order valence-electron chi connectivity index (χ3n) is 4.18. The van der Waals surface area contributed by atoms with Gasteiger partial charge in [0.15, 0.2) is 0 Å². The van der Waals surface area contributed by atoms with E-state index in [4.69, 9.17) is 0 Å². The number of carbonyl (C=O) groups is 1. The Balaban J connectivity index is 1.96.